The molecular formula is C23H33N3O4. The lowest BCUT2D eigenvalue weighted by molar-refractivity contribution is -0.127. The molecule has 0 saturated carbocycles. The Kier molecular flexibility index (Phi) is 7.48. The molecule has 164 valence electrons. The molecule has 2 aliphatic heterocycles. The lowest BCUT2D eigenvalue weighted by Gasteiger charge is -2.29. The average Bonchev–Trinajstić information content (AvgIpc) is 3.05. The topological polar surface area (TPSA) is 87.7 Å². The molecule has 0 bridgehead atoms. The van der Waals surface area contributed by atoms with Gasteiger partial charge in [0.1, 0.15) is 18.7 Å². The fraction of sp³-hybridized carbons (Fsp3) is 0.609. The Labute approximate surface area is 178 Å². The summed E-state index contributed by atoms with van der Waals surface area (Å²) in [5.74, 6) is -0.565. The monoisotopic (exact) mass is 415 g/mol. The molecule has 7 heteroatoms. The first kappa shape index (κ1) is 22.3. The molecule has 1 aromatic rings. The van der Waals surface area contributed by atoms with Gasteiger partial charge in [-0.15, -0.1) is 0 Å². The summed E-state index contributed by atoms with van der Waals surface area (Å²) < 4.78 is 5.30. The summed E-state index contributed by atoms with van der Waals surface area (Å²) in [6.07, 6.45) is 3.69. The summed E-state index contributed by atoms with van der Waals surface area (Å²) in [6, 6.07) is 6.19. The van der Waals surface area contributed by atoms with Gasteiger partial charge in [-0.1, -0.05) is 19.9 Å². The summed E-state index contributed by atoms with van der Waals surface area (Å²) in [6.45, 7) is 7.76. The minimum absolute atomic E-state index is 0.0105. The van der Waals surface area contributed by atoms with Gasteiger partial charge < -0.3 is 20.3 Å². The van der Waals surface area contributed by atoms with Crippen LogP contribution in [0.3, 0.4) is 0 Å². The third kappa shape index (κ3) is 5.59. The minimum Gasteiger partial charge on any atom is -0.372 e. The van der Waals surface area contributed by atoms with Crippen molar-refractivity contribution >= 4 is 23.3 Å². The van der Waals surface area contributed by atoms with Gasteiger partial charge in [-0.05, 0) is 56.7 Å². The number of hydrogen-bond donors (Lipinski definition) is 2. The standard InChI is InChI=1S/C23H33N3O4/c1-15(2)12-19(23(29)25-21-16(3)30-14-20(21)27)24-22(28)17-8-7-9-18(13-17)26-10-5-4-6-11-26/h7-9,13,15-16,19,21H,4-6,10-12,14H2,1-3H3,(H,24,28)(H,25,29)/t16-,19+,21-/m1/s1. The predicted octanol–water partition coefficient (Wildman–Crippen LogP) is 2.29. The van der Waals surface area contributed by atoms with E-state index in [1.54, 1.807) is 13.0 Å². The number of carbonyl (C=O) groups excluding carboxylic acids is 3. The van der Waals surface area contributed by atoms with Crippen LogP contribution >= 0.6 is 0 Å². The van der Waals surface area contributed by atoms with Gasteiger partial charge in [0.2, 0.25) is 5.91 Å². The van der Waals surface area contributed by atoms with Crippen molar-refractivity contribution in [1.82, 2.24) is 10.6 Å². The zero-order valence-corrected chi connectivity index (χ0v) is 18.1. The van der Waals surface area contributed by atoms with E-state index in [2.05, 4.69) is 15.5 Å². The van der Waals surface area contributed by atoms with E-state index in [0.29, 0.717) is 12.0 Å². The second kappa shape index (κ2) is 10.1. The number of nitrogens with one attached hydrogen (secondary N) is 2. The fourth-order valence-electron chi connectivity index (χ4n) is 4.05. The smallest absolute Gasteiger partial charge is 0.252 e. The zero-order valence-electron chi connectivity index (χ0n) is 18.1. The number of ether oxygens (including phenoxy) is 1. The molecule has 0 aromatic heterocycles. The van der Waals surface area contributed by atoms with Crippen LogP contribution in [0.15, 0.2) is 24.3 Å². The third-order valence-corrected chi connectivity index (χ3v) is 5.76. The van der Waals surface area contributed by atoms with Crippen molar-refractivity contribution in [1.29, 1.82) is 0 Å². The highest BCUT2D eigenvalue weighted by Crippen LogP contribution is 2.21. The molecule has 30 heavy (non-hydrogen) atoms. The van der Waals surface area contributed by atoms with Gasteiger partial charge in [0.25, 0.3) is 5.91 Å². The number of hydrogen-bond acceptors (Lipinski definition) is 5. The van der Waals surface area contributed by atoms with Crippen molar-refractivity contribution in [3.63, 3.8) is 0 Å². The molecule has 0 aliphatic carbocycles. The number of nitrogens with zero attached hydrogens (tertiary/aromatic N) is 1. The SMILES string of the molecule is CC(C)C[C@H](NC(=O)c1cccc(N2CCCCC2)c1)C(=O)N[C@H]1C(=O)CO[C@@H]1C. The zero-order chi connectivity index (χ0) is 21.7. The molecule has 3 atom stereocenters. The fourth-order valence-corrected chi connectivity index (χ4v) is 4.05. The average molecular weight is 416 g/mol. The molecule has 1 aromatic carbocycles. The first-order chi connectivity index (χ1) is 14.3. The molecule has 0 spiro atoms. The molecule has 0 unspecified atom stereocenters. The number of benzene rings is 1. The molecule has 0 radical (unpaired) electrons. The van der Waals surface area contributed by atoms with Gasteiger partial charge in [0.15, 0.2) is 5.78 Å². The Bertz CT molecular complexity index is 773. The first-order valence-corrected chi connectivity index (χ1v) is 11.0. The maximum absolute atomic E-state index is 12.9. The van der Waals surface area contributed by atoms with Crippen LogP contribution in [0.5, 0.6) is 0 Å². The normalized spacial score (nSPS) is 22.8. The number of anilines is 1. The maximum atomic E-state index is 12.9. The Hall–Kier alpha value is -2.41. The molecule has 2 N–H and O–H groups in total. The van der Waals surface area contributed by atoms with Gasteiger partial charge in [0, 0.05) is 24.3 Å². The highest BCUT2D eigenvalue weighted by Gasteiger charge is 2.35. The lowest BCUT2D eigenvalue weighted by atomic mass is 10.0. The van der Waals surface area contributed by atoms with E-state index in [-0.39, 0.29) is 36.2 Å². The van der Waals surface area contributed by atoms with Gasteiger partial charge in [-0.25, -0.2) is 0 Å². The first-order valence-electron chi connectivity index (χ1n) is 11.0. The van der Waals surface area contributed by atoms with E-state index < -0.39 is 12.1 Å². The summed E-state index contributed by atoms with van der Waals surface area (Å²) in [5.41, 5.74) is 1.57. The predicted molar refractivity (Wildman–Crippen MR) is 116 cm³/mol. The van der Waals surface area contributed by atoms with Crippen LogP contribution in [0.25, 0.3) is 0 Å². The Morgan fingerprint density at radius 2 is 1.93 bits per heavy atom. The second-order valence-corrected chi connectivity index (χ2v) is 8.72. The van der Waals surface area contributed by atoms with Crippen molar-refractivity contribution in [2.75, 3.05) is 24.6 Å². The van der Waals surface area contributed by atoms with Crippen LogP contribution in [0.1, 0.15) is 56.8 Å². The van der Waals surface area contributed by atoms with E-state index in [1.807, 2.05) is 32.0 Å². The summed E-state index contributed by atoms with van der Waals surface area (Å²) in [7, 11) is 0. The van der Waals surface area contributed by atoms with Crippen LogP contribution in [0.4, 0.5) is 5.69 Å². The van der Waals surface area contributed by atoms with E-state index >= 15 is 0 Å². The number of piperidine rings is 1. The van der Waals surface area contributed by atoms with E-state index in [1.165, 1.54) is 6.42 Å². The Morgan fingerprint density at radius 1 is 1.20 bits per heavy atom. The summed E-state index contributed by atoms with van der Waals surface area (Å²) in [4.78, 5) is 40.1. The van der Waals surface area contributed by atoms with E-state index in [4.69, 9.17) is 4.74 Å². The Balaban J connectivity index is 1.69. The number of ketones is 1. The summed E-state index contributed by atoms with van der Waals surface area (Å²) >= 11 is 0. The lowest BCUT2D eigenvalue weighted by Crippen LogP contribution is -2.53. The number of Topliss-reactive ketones (excluding diaryl/α,β-unsaturated/α-hetero) is 1. The van der Waals surface area contributed by atoms with Crippen molar-refractivity contribution < 1.29 is 19.1 Å². The molecule has 2 saturated heterocycles. The van der Waals surface area contributed by atoms with Crippen LogP contribution in [-0.2, 0) is 14.3 Å². The highest BCUT2D eigenvalue weighted by molar-refractivity contribution is 5.99. The van der Waals surface area contributed by atoms with Gasteiger partial charge in [0.05, 0.1) is 6.10 Å². The molecule has 2 fully saturated rings. The number of amides is 2. The van der Waals surface area contributed by atoms with Crippen molar-refractivity contribution in [2.45, 2.75) is 64.6 Å². The Morgan fingerprint density at radius 3 is 2.57 bits per heavy atom. The van der Waals surface area contributed by atoms with Crippen LogP contribution < -0.4 is 15.5 Å². The molecule has 2 aliphatic rings. The number of carbonyl (C=O) groups is 3. The maximum Gasteiger partial charge on any atom is 0.252 e. The number of rotatable bonds is 7. The molecule has 7 nitrogen and oxygen atoms in total. The minimum atomic E-state index is -0.711. The van der Waals surface area contributed by atoms with Crippen molar-refractivity contribution in [3.05, 3.63) is 29.8 Å². The molecule has 2 heterocycles. The quantitative estimate of drug-likeness (QED) is 0.713. The molecule has 3 rings (SSSR count). The second-order valence-electron chi connectivity index (χ2n) is 8.72. The van der Waals surface area contributed by atoms with Crippen LogP contribution in [0.2, 0.25) is 0 Å². The van der Waals surface area contributed by atoms with Crippen LogP contribution in [-0.4, -0.2) is 55.5 Å². The van der Waals surface area contributed by atoms with Crippen LogP contribution in [0, 0.1) is 5.92 Å². The van der Waals surface area contributed by atoms with Crippen molar-refractivity contribution in [3.8, 4) is 0 Å². The van der Waals surface area contributed by atoms with E-state index in [0.717, 1.165) is 31.6 Å². The molecular weight excluding hydrogens is 382 g/mol. The van der Waals surface area contributed by atoms with E-state index in [9.17, 15) is 14.4 Å². The molecule has 2 amide bonds. The highest BCUT2D eigenvalue weighted by atomic mass is 16.5. The largest absolute Gasteiger partial charge is 0.372 e. The van der Waals surface area contributed by atoms with Gasteiger partial charge >= 0.3 is 0 Å². The van der Waals surface area contributed by atoms with Crippen molar-refractivity contribution in [2.24, 2.45) is 5.92 Å². The summed E-state index contributed by atoms with van der Waals surface area (Å²) in [5, 5.41) is 5.64. The van der Waals surface area contributed by atoms with Gasteiger partial charge in [-0.2, -0.15) is 0 Å². The van der Waals surface area contributed by atoms with Gasteiger partial charge in [-0.3, -0.25) is 14.4 Å². The third-order valence-electron chi connectivity index (χ3n) is 5.76.